The van der Waals surface area contributed by atoms with Crippen molar-refractivity contribution in [2.24, 2.45) is 10.7 Å². The summed E-state index contributed by atoms with van der Waals surface area (Å²) in [5.74, 6) is -1.76. The zero-order chi connectivity index (χ0) is 31.9. The Kier molecular flexibility index (Phi) is 14.3. The van der Waals surface area contributed by atoms with Crippen molar-refractivity contribution < 1.29 is 33.2 Å². The fourth-order valence-electron chi connectivity index (χ4n) is 4.18. The molecule has 12 nitrogen and oxygen atoms in total. The van der Waals surface area contributed by atoms with Gasteiger partial charge in [0.15, 0.2) is 0 Å². The number of likely N-dealkylation sites (N-methyl/N-ethyl adjacent to an activating group) is 1. The van der Waals surface area contributed by atoms with Crippen molar-refractivity contribution in [3.05, 3.63) is 65.7 Å². The number of rotatable bonds is 16. The Hall–Kier alpha value is -4.26. The van der Waals surface area contributed by atoms with E-state index in [1.54, 1.807) is 12.1 Å². The highest BCUT2D eigenvalue weighted by molar-refractivity contribution is 7.84. The van der Waals surface area contributed by atoms with Crippen molar-refractivity contribution in [3.8, 4) is 5.75 Å². The summed E-state index contributed by atoms with van der Waals surface area (Å²) in [5, 5.41) is 15.1. The third kappa shape index (κ3) is 12.6. The highest BCUT2D eigenvalue weighted by atomic mass is 32.2. The lowest BCUT2D eigenvalue weighted by molar-refractivity contribution is -0.142. The van der Waals surface area contributed by atoms with Crippen LogP contribution < -0.4 is 16.4 Å². The van der Waals surface area contributed by atoms with E-state index in [1.165, 1.54) is 44.4 Å². The Bertz CT molecular complexity index is 1280. The summed E-state index contributed by atoms with van der Waals surface area (Å²) < 4.78 is 16.6. The summed E-state index contributed by atoms with van der Waals surface area (Å²) in [6.45, 7) is 1.62. The van der Waals surface area contributed by atoms with Gasteiger partial charge in [-0.15, -0.1) is 0 Å². The Morgan fingerprint density at radius 3 is 2.16 bits per heavy atom. The minimum atomic E-state index is -1.26. The molecule has 2 aromatic rings. The van der Waals surface area contributed by atoms with Gasteiger partial charge in [-0.25, -0.2) is 0 Å². The number of methoxy groups -OCH3 is 1. The predicted octanol–water partition coefficient (Wildman–Crippen LogP) is 0.683. The second-order valence-electron chi connectivity index (χ2n) is 10.1. The van der Waals surface area contributed by atoms with Crippen molar-refractivity contribution >= 4 is 40.3 Å². The number of carbonyl (C=O) groups excluding carboxylic acids is 4. The van der Waals surface area contributed by atoms with Crippen LogP contribution in [0.5, 0.6) is 5.75 Å². The SMILES string of the molecule is COC(=O)CCN(C)C(=O)[C@H](Cc1ccccc1)NC(=O)[C@@H](CCS(C)=O)NC(=O)[C@H](Cc1ccc(O)cc1)N=C(C)N. The maximum Gasteiger partial charge on any atom is 0.307 e. The number of nitrogens with one attached hydrogen (secondary N) is 2. The van der Waals surface area contributed by atoms with Crippen molar-refractivity contribution in [3.63, 3.8) is 0 Å². The van der Waals surface area contributed by atoms with Crippen LogP contribution in [-0.2, 0) is 47.6 Å². The molecule has 5 N–H and O–H groups in total. The third-order valence-corrected chi connectivity index (χ3v) is 7.32. The Balaban J connectivity index is 2.29. The Morgan fingerprint density at radius 1 is 0.977 bits per heavy atom. The summed E-state index contributed by atoms with van der Waals surface area (Å²) >= 11 is 0. The second-order valence-corrected chi connectivity index (χ2v) is 11.7. The number of phenolic OH excluding ortho intramolecular Hbond substituents is 1. The van der Waals surface area contributed by atoms with Crippen LogP contribution in [0.2, 0.25) is 0 Å². The Morgan fingerprint density at radius 2 is 1.58 bits per heavy atom. The number of aliphatic imine (C=N–C) groups is 1. The molecule has 0 bridgehead atoms. The van der Waals surface area contributed by atoms with Gasteiger partial charge in [-0.2, -0.15) is 0 Å². The van der Waals surface area contributed by atoms with Crippen molar-refractivity contribution in [2.45, 2.75) is 50.7 Å². The number of nitrogens with zero attached hydrogens (tertiary/aromatic N) is 2. The van der Waals surface area contributed by atoms with Crippen molar-refractivity contribution in [1.29, 1.82) is 0 Å². The van der Waals surface area contributed by atoms with Crippen LogP contribution in [0.15, 0.2) is 59.6 Å². The number of ether oxygens (including phenoxy) is 1. The number of amides is 3. The standard InChI is InChI=1S/C30H41N5O7S/c1-20(31)32-25(18-22-10-12-23(36)13-11-22)29(39)33-24(15-17-43(4)41)28(38)34-26(19-21-8-6-5-7-9-21)30(40)35(2)16-14-27(37)42-3/h5-13,24-26,36H,14-19H2,1-4H3,(H2,31,32)(H,33,39)(H,34,38)/t24-,25+,26+,43?/m1/s1. The van der Waals surface area contributed by atoms with E-state index in [0.29, 0.717) is 5.56 Å². The quantitative estimate of drug-likeness (QED) is 0.121. The molecule has 0 saturated heterocycles. The number of esters is 1. The van der Waals surface area contributed by atoms with Gasteiger partial charge in [0.25, 0.3) is 0 Å². The van der Waals surface area contributed by atoms with Gasteiger partial charge >= 0.3 is 5.97 Å². The summed E-state index contributed by atoms with van der Waals surface area (Å²) in [4.78, 5) is 57.7. The van der Waals surface area contributed by atoms with Gasteiger partial charge in [0, 0.05) is 49.2 Å². The summed E-state index contributed by atoms with van der Waals surface area (Å²) in [7, 11) is 1.52. The highest BCUT2D eigenvalue weighted by Gasteiger charge is 2.30. The molecule has 0 aliphatic heterocycles. The van der Waals surface area contributed by atoms with E-state index < -0.39 is 52.6 Å². The average Bonchev–Trinajstić information content (AvgIpc) is 2.97. The molecular formula is C30H41N5O7S. The molecule has 43 heavy (non-hydrogen) atoms. The number of phenols is 1. The van der Waals surface area contributed by atoms with Gasteiger partial charge in [0.2, 0.25) is 17.7 Å². The van der Waals surface area contributed by atoms with Gasteiger partial charge in [-0.05, 0) is 36.6 Å². The lowest BCUT2D eigenvalue weighted by atomic mass is 10.0. The number of benzene rings is 2. The molecule has 2 rings (SSSR count). The average molecular weight is 616 g/mol. The van der Waals surface area contributed by atoms with Crippen LogP contribution in [0.25, 0.3) is 0 Å². The zero-order valence-corrected chi connectivity index (χ0v) is 25.8. The molecule has 0 aliphatic carbocycles. The number of hydrogen-bond acceptors (Lipinski definition) is 8. The molecule has 0 saturated carbocycles. The van der Waals surface area contributed by atoms with Gasteiger partial charge in [-0.1, -0.05) is 42.5 Å². The number of carbonyl (C=O) groups is 4. The van der Waals surface area contributed by atoms with Crippen molar-refractivity contribution in [2.75, 3.05) is 32.7 Å². The van der Waals surface area contributed by atoms with Crippen LogP contribution >= 0.6 is 0 Å². The summed E-state index contributed by atoms with van der Waals surface area (Å²) in [6, 6.07) is 12.3. The first-order chi connectivity index (χ1) is 20.4. The van der Waals surface area contributed by atoms with E-state index in [1.807, 2.05) is 30.3 Å². The fourth-order valence-corrected chi connectivity index (χ4v) is 4.75. The van der Waals surface area contributed by atoms with Gasteiger partial charge in [-0.3, -0.25) is 28.4 Å². The first-order valence-electron chi connectivity index (χ1n) is 13.7. The smallest absolute Gasteiger partial charge is 0.307 e. The Labute approximate surface area is 254 Å². The molecule has 2 aromatic carbocycles. The third-order valence-electron chi connectivity index (χ3n) is 6.51. The zero-order valence-electron chi connectivity index (χ0n) is 24.9. The van der Waals surface area contributed by atoms with Gasteiger partial charge in [0.05, 0.1) is 19.4 Å². The summed E-state index contributed by atoms with van der Waals surface area (Å²) in [5.41, 5.74) is 7.29. The second kappa shape index (κ2) is 17.6. The normalized spacial score (nSPS) is 14.1. The maximum atomic E-state index is 13.6. The molecule has 3 amide bonds. The van der Waals surface area contributed by atoms with Crippen LogP contribution in [0.4, 0.5) is 0 Å². The summed E-state index contributed by atoms with van der Waals surface area (Å²) in [6.07, 6.45) is 1.82. The monoisotopic (exact) mass is 615 g/mol. The van der Waals surface area contributed by atoms with Crippen LogP contribution in [0.3, 0.4) is 0 Å². The lowest BCUT2D eigenvalue weighted by Crippen LogP contribution is -2.56. The highest BCUT2D eigenvalue weighted by Crippen LogP contribution is 2.14. The van der Waals surface area contributed by atoms with E-state index >= 15 is 0 Å². The molecule has 4 atom stereocenters. The molecule has 234 valence electrons. The molecule has 0 fully saturated rings. The van der Waals surface area contributed by atoms with Crippen LogP contribution in [0, 0.1) is 0 Å². The molecule has 0 radical (unpaired) electrons. The largest absolute Gasteiger partial charge is 0.508 e. The molecular weight excluding hydrogens is 574 g/mol. The van der Waals surface area contributed by atoms with Gasteiger partial charge in [0.1, 0.15) is 23.9 Å². The molecule has 0 spiro atoms. The van der Waals surface area contributed by atoms with E-state index in [4.69, 9.17) is 5.73 Å². The van der Waals surface area contributed by atoms with E-state index in [9.17, 15) is 28.5 Å². The van der Waals surface area contributed by atoms with E-state index in [2.05, 4.69) is 20.4 Å². The lowest BCUT2D eigenvalue weighted by Gasteiger charge is -2.27. The fraction of sp³-hybridized carbons (Fsp3) is 0.433. The molecule has 0 heterocycles. The van der Waals surface area contributed by atoms with Gasteiger partial charge < -0.3 is 31.1 Å². The predicted molar refractivity (Wildman–Crippen MR) is 165 cm³/mol. The van der Waals surface area contributed by atoms with Crippen LogP contribution in [-0.4, -0.2) is 94.6 Å². The van der Waals surface area contributed by atoms with Crippen LogP contribution in [0.1, 0.15) is 30.9 Å². The van der Waals surface area contributed by atoms with E-state index in [0.717, 1.165) is 5.56 Å². The molecule has 13 heteroatoms. The number of aromatic hydroxyl groups is 1. The van der Waals surface area contributed by atoms with Crippen molar-refractivity contribution in [1.82, 2.24) is 15.5 Å². The molecule has 0 aliphatic rings. The number of nitrogens with two attached hydrogens (primary N) is 1. The minimum absolute atomic E-state index is 0.0186. The number of amidine groups is 1. The topological polar surface area (TPSA) is 180 Å². The van der Waals surface area contributed by atoms with E-state index in [-0.39, 0.29) is 49.6 Å². The first kappa shape index (κ1) is 34.9. The molecule has 1 unspecified atom stereocenters. The number of hydrogen-bond donors (Lipinski definition) is 4. The first-order valence-corrected chi connectivity index (χ1v) is 15.5. The molecule has 0 aromatic heterocycles. The maximum absolute atomic E-state index is 13.6. The minimum Gasteiger partial charge on any atom is -0.508 e.